The first-order valence-corrected chi connectivity index (χ1v) is 6.11. The highest BCUT2D eigenvalue weighted by molar-refractivity contribution is 5.71. The van der Waals surface area contributed by atoms with Gasteiger partial charge in [-0.3, -0.25) is 4.98 Å². The van der Waals surface area contributed by atoms with E-state index in [-0.39, 0.29) is 5.82 Å². The molecule has 0 aliphatic rings. The minimum atomic E-state index is -0.251. The van der Waals surface area contributed by atoms with Crippen molar-refractivity contribution in [1.29, 1.82) is 0 Å². The zero-order chi connectivity index (χ0) is 13.1. The van der Waals surface area contributed by atoms with Crippen molar-refractivity contribution >= 4 is 0 Å². The maximum Gasteiger partial charge on any atom is 0.132 e. The van der Waals surface area contributed by atoms with Gasteiger partial charge in [0.2, 0.25) is 0 Å². The first-order chi connectivity index (χ1) is 9.34. The maximum absolute atomic E-state index is 13.9. The lowest BCUT2D eigenvalue weighted by atomic mass is 10.0. The van der Waals surface area contributed by atoms with Crippen molar-refractivity contribution in [2.45, 2.75) is 0 Å². The number of nitrogens with zero attached hydrogens (tertiary/aromatic N) is 1. The second kappa shape index (κ2) is 5.02. The van der Waals surface area contributed by atoms with Crippen molar-refractivity contribution < 1.29 is 4.39 Å². The molecule has 0 bridgehead atoms. The molecule has 1 nitrogen and oxygen atoms in total. The average Bonchev–Trinajstić information content (AvgIpc) is 2.49. The van der Waals surface area contributed by atoms with Crippen LogP contribution in [0.5, 0.6) is 0 Å². The van der Waals surface area contributed by atoms with Gasteiger partial charge in [0.05, 0.1) is 5.69 Å². The molecule has 0 aliphatic heterocycles. The number of halogens is 1. The Labute approximate surface area is 111 Å². The maximum atomic E-state index is 13.9. The minimum Gasteiger partial charge on any atom is -0.256 e. The van der Waals surface area contributed by atoms with Crippen LogP contribution < -0.4 is 0 Å². The van der Waals surface area contributed by atoms with Gasteiger partial charge in [-0.1, -0.05) is 42.5 Å². The summed E-state index contributed by atoms with van der Waals surface area (Å²) < 4.78 is 13.9. The number of hydrogen-bond donors (Lipinski definition) is 0. The van der Waals surface area contributed by atoms with Crippen LogP contribution in [0.1, 0.15) is 0 Å². The summed E-state index contributed by atoms with van der Waals surface area (Å²) in [6, 6.07) is 20.5. The first-order valence-electron chi connectivity index (χ1n) is 6.11. The lowest BCUT2D eigenvalue weighted by Gasteiger charge is -2.06. The molecule has 3 aromatic rings. The predicted molar refractivity (Wildman–Crippen MR) is 75.1 cm³/mol. The third-order valence-electron chi connectivity index (χ3n) is 3.01. The van der Waals surface area contributed by atoms with Crippen molar-refractivity contribution in [2.24, 2.45) is 0 Å². The summed E-state index contributed by atoms with van der Waals surface area (Å²) in [6.07, 6.45) is 1.67. The number of rotatable bonds is 2. The van der Waals surface area contributed by atoms with Gasteiger partial charge in [-0.2, -0.15) is 0 Å². The Morgan fingerprint density at radius 3 is 2.26 bits per heavy atom. The highest BCUT2D eigenvalue weighted by atomic mass is 19.1. The average molecular weight is 249 g/mol. The number of pyridine rings is 1. The molecule has 0 radical (unpaired) electrons. The fraction of sp³-hybridized carbons (Fsp3) is 0. The van der Waals surface area contributed by atoms with Crippen LogP contribution in [0.25, 0.3) is 22.4 Å². The summed E-state index contributed by atoms with van der Waals surface area (Å²) in [6.45, 7) is 0. The van der Waals surface area contributed by atoms with Crippen molar-refractivity contribution in [3.63, 3.8) is 0 Å². The molecule has 1 aromatic heterocycles. The van der Waals surface area contributed by atoms with Crippen LogP contribution in [0, 0.1) is 5.82 Å². The van der Waals surface area contributed by atoms with E-state index in [0.29, 0.717) is 11.3 Å². The third kappa shape index (κ3) is 2.38. The fourth-order valence-electron chi connectivity index (χ4n) is 2.05. The van der Waals surface area contributed by atoms with Crippen molar-refractivity contribution in [3.8, 4) is 22.4 Å². The molecular formula is C17H12FN. The Morgan fingerprint density at radius 1 is 0.737 bits per heavy atom. The summed E-state index contributed by atoms with van der Waals surface area (Å²) in [5, 5.41) is 0. The van der Waals surface area contributed by atoms with Gasteiger partial charge >= 0.3 is 0 Å². The quantitative estimate of drug-likeness (QED) is 0.649. The molecule has 0 saturated carbocycles. The van der Waals surface area contributed by atoms with Crippen molar-refractivity contribution in [3.05, 3.63) is 78.7 Å². The van der Waals surface area contributed by atoms with Crippen molar-refractivity contribution in [2.75, 3.05) is 0 Å². The van der Waals surface area contributed by atoms with E-state index < -0.39 is 0 Å². The predicted octanol–water partition coefficient (Wildman–Crippen LogP) is 4.55. The Bertz CT molecular complexity index is 678. The van der Waals surface area contributed by atoms with Gasteiger partial charge in [0.1, 0.15) is 5.82 Å². The monoisotopic (exact) mass is 249 g/mol. The van der Waals surface area contributed by atoms with Gasteiger partial charge in [0.25, 0.3) is 0 Å². The zero-order valence-corrected chi connectivity index (χ0v) is 10.3. The molecule has 0 aliphatic carbocycles. The van der Waals surface area contributed by atoms with E-state index in [4.69, 9.17) is 0 Å². The molecule has 3 rings (SSSR count). The lowest BCUT2D eigenvalue weighted by molar-refractivity contribution is 0.631. The second-order valence-electron chi connectivity index (χ2n) is 4.28. The van der Waals surface area contributed by atoms with Gasteiger partial charge in [-0.05, 0) is 35.4 Å². The second-order valence-corrected chi connectivity index (χ2v) is 4.28. The van der Waals surface area contributed by atoms with Gasteiger partial charge in [0, 0.05) is 11.8 Å². The largest absolute Gasteiger partial charge is 0.256 e. The summed E-state index contributed by atoms with van der Waals surface area (Å²) in [5.74, 6) is -0.251. The molecule has 0 spiro atoms. The van der Waals surface area contributed by atoms with Crippen LogP contribution in [-0.4, -0.2) is 4.98 Å². The summed E-state index contributed by atoms with van der Waals surface area (Å²) >= 11 is 0. The molecule has 0 saturated heterocycles. The molecule has 92 valence electrons. The Balaban J connectivity index is 2.12. The van der Waals surface area contributed by atoms with E-state index in [1.54, 1.807) is 12.3 Å². The molecule has 1 heterocycles. The molecule has 2 heteroatoms. The fourth-order valence-corrected chi connectivity index (χ4v) is 2.05. The van der Waals surface area contributed by atoms with E-state index in [1.807, 2.05) is 54.6 Å². The van der Waals surface area contributed by atoms with Gasteiger partial charge < -0.3 is 0 Å². The molecular weight excluding hydrogens is 237 g/mol. The van der Waals surface area contributed by atoms with Gasteiger partial charge in [-0.25, -0.2) is 4.39 Å². The smallest absolute Gasteiger partial charge is 0.132 e. The topological polar surface area (TPSA) is 12.9 Å². The SMILES string of the molecule is Fc1ccc(-c2ccccc2)cc1-c1ccccn1. The van der Waals surface area contributed by atoms with E-state index >= 15 is 0 Å². The van der Waals surface area contributed by atoms with Crippen molar-refractivity contribution in [1.82, 2.24) is 4.98 Å². The van der Waals surface area contributed by atoms with Crippen LogP contribution in [0.2, 0.25) is 0 Å². The highest BCUT2D eigenvalue weighted by Crippen LogP contribution is 2.27. The van der Waals surface area contributed by atoms with Gasteiger partial charge in [-0.15, -0.1) is 0 Å². The molecule has 19 heavy (non-hydrogen) atoms. The normalized spacial score (nSPS) is 10.4. The Kier molecular flexibility index (Phi) is 3.07. The van der Waals surface area contributed by atoms with Gasteiger partial charge in [0.15, 0.2) is 0 Å². The Hall–Kier alpha value is -2.48. The van der Waals surface area contributed by atoms with Crippen LogP contribution in [0.15, 0.2) is 72.9 Å². The summed E-state index contributed by atoms with van der Waals surface area (Å²) in [4.78, 5) is 4.20. The Morgan fingerprint density at radius 2 is 1.53 bits per heavy atom. The van der Waals surface area contributed by atoms with Crippen LogP contribution in [-0.2, 0) is 0 Å². The number of aromatic nitrogens is 1. The van der Waals surface area contributed by atoms with E-state index in [9.17, 15) is 4.39 Å². The summed E-state index contributed by atoms with van der Waals surface area (Å²) in [7, 11) is 0. The number of hydrogen-bond acceptors (Lipinski definition) is 1. The number of benzene rings is 2. The molecule has 0 unspecified atom stereocenters. The van der Waals surface area contributed by atoms with E-state index in [2.05, 4.69) is 4.98 Å². The van der Waals surface area contributed by atoms with Crippen LogP contribution in [0.3, 0.4) is 0 Å². The molecule has 0 amide bonds. The third-order valence-corrected chi connectivity index (χ3v) is 3.01. The molecule has 0 N–H and O–H groups in total. The molecule has 2 aromatic carbocycles. The van der Waals surface area contributed by atoms with Crippen LogP contribution >= 0.6 is 0 Å². The van der Waals surface area contributed by atoms with Crippen LogP contribution in [0.4, 0.5) is 4.39 Å². The highest BCUT2D eigenvalue weighted by Gasteiger charge is 2.08. The first kappa shape index (κ1) is 11.6. The molecule has 0 atom stereocenters. The zero-order valence-electron chi connectivity index (χ0n) is 10.3. The van der Waals surface area contributed by atoms with E-state index in [0.717, 1.165) is 11.1 Å². The summed E-state index contributed by atoms with van der Waals surface area (Å²) in [5.41, 5.74) is 3.24. The standard InChI is InChI=1S/C17H12FN/c18-16-10-9-14(13-6-2-1-3-7-13)12-15(16)17-8-4-5-11-19-17/h1-12H. The molecule has 0 fully saturated rings. The minimum absolute atomic E-state index is 0.251. The lowest BCUT2D eigenvalue weighted by Crippen LogP contribution is -1.88. The van der Waals surface area contributed by atoms with E-state index in [1.165, 1.54) is 6.07 Å².